The van der Waals surface area contributed by atoms with Crippen LogP contribution in [0.3, 0.4) is 0 Å². The van der Waals surface area contributed by atoms with Crippen molar-refractivity contribution in [1.29, 1.82) is 0 Å². The molecule has 3 heteroatoms. The number of rotatable bonds is 2. The van der Waals surface area contributed by atoms with Crippen molar-refractivity contribution < 1.29 is 0 Å². The van der Waals surface area contributed by atoms with Gasteiger partial charge < -0.3 is 0 Å². The fraction of sp³-hybridized carbons (Fsp3) is 0.182. The van der Waals surface area contributed by atoms with Gasteiger partial charge in [-0.05, 0) is 0 Å². The zero-order chi connectivity index (χ0) is 16.9. The quantitative estimate of drug-likeness (QED) is 0.409. The monoisotopic (exact) mass is 468 g/mol. The van der Waals surface area contributed by atoms with E-state index in [-0.39, 0.29) is 0 Å². The van der Waals surface area contributed by atoms with Gasteiger partial charge in [-0.3, -0.25) is 0 Å². The molecule has 0 saturated carbocycles. The van der Waals surface area contributed by atoms with Gasteiger partial charge in [0, 0.05) is 0 Å². The zero-order valence-corrected chi connectivity index (χ0v) is 18.2. The molecule has 0 bridgehead atoms. The summed E-state index contributed by atoms with van der Waals surface area (Å²) in [6, 6.07) is 30.2. The third kappa shape index (κ3) is 2.51. The van der Waals surface area contributed by atoms with Crippen molar-refractivity contribution >= 4 is 50.4 Å². The topological polar surface area (TPSA) is 0 Å². The SMILES string of the molecule is S=P1(c2ccccc2)CCC2c3cccc[c]3[Sb]([c]3ccccc3)[CH]21. The summed E-state index contributed by atoms with van der Waals surface area (Å²) in [7, 11) is 0. The van der Waals surface area contributed by atoms with Crippen LogP contribution in [0, 0.1) is 0 Å². The molecule has 124 valence electrons. The van der Waals surface area contributed by atoms with E-state index < -0.39 is 26.2 Å². The van der Waals surface area contributed by atoms with Crippen LogP contribution in [0.4, 0.5) is 0 Å². The van der Waals surface area contributed by atoms with Crippen LogP contribution in [-0.4, -0.2) is 30.0 Å². The second-order valence-corrected chi connectivity index (χ2v) is 19.8. The van der Waals surface area contributed by atoms with Gasteiger partial charge in [0.2, 0.25) is 0 Å². The average molecular weight is 469 g/mol. The molecule has 0 N–H and O–H groups in total. The molecule has 2 heterocycles. The molecule has 3 aromatic rings. The fourth-order valence-corrected chi connectivity index (χ4v) is 26.1. The molecular weight excluding hydrogens is 449 g/mol. The molecule has 0 aliphatic carbocycles. The van der Waals surface area contributed by atoms with Gasteiger partial charge in [-0.25, -0.2) is 0 Å². The summed E-state index contributed by atoms with van der Waals surface area (Å²) in [5.41, 5.74) is 1.64. The predicted octanol–water partition coefficient (Wildman–Crippen LogP) is 3.51. The number of fused-ring (bicyclic) bond motifs is 3. The maximum atomic E-state index is 6.55. The van der Waals surface area contributed by atoms with E-state index in [0.29, 0.717) is 5.92 Å². The minimum atomic E-state index is -1.86. The standard InChI is InChI=1S/C16H15PS.C6H5.Sb/c18-17(16-9-5-2-6-10-16)12-11-15(13-17)14-7-3-1-4-8-14;1-2-4-6-5-3-1;/h1-7,9-10,13,15H,11-12H2;1-5H;. The molecule has 3 aromatic carbocycles. The van der Waals surface area contributed by atoms with E-state index in [1.54, 1.807) is 12.6 Å². The van der Waals surface area contributed by atoms with Gasteiger partial charge in [-0.1, -0.05) is 0 Å². The molecule has 2 aliphatic heterocycles. The number of benzene rings is 3. The molecule has 1 saturated heterocycles. The second-order valence-electron chi connectivity index (χ2n) is 6.93. The third-order valence-corrected chi connectivity index (χ3v) is 24.8. The molecule has 0 amide bonds. The van der Waals surface area contributed by atoms with Gasteiger partial charge in [-0.2, -0.15) is 0 Å². The molecule has 1 fully saturated rings. The van der Waals surface area contributed by atoms with E-state index in [9.17, 15) is 0 Å². The summed E-state index contributed by atoms with van der Waals surface area (Å²) in [5, 5.41) is 1.48. The Morgan fingerprint density at radius 1 is 0.800 bits per heavy atom. The molecule has 0 aromatic heterocycles. The van der Waals surface area contributed by atoms with Crippen LogP contribution in [0.5, 0.6) is 0 Å². The van der Waals surface area contributed by atoms with Crippen molar-refractivity contribution in [2.45, 2.75) is 15.9 Å². The normalized spacial score (nSPS) is 27.8. The van der Waals surface area contributed by atoms with Crippen LogP contribution in [0.15, 0.2) is 84.9 Å². The second kappa shape index (κ2) is 6.38. The van der Waals surface area contributed by atoms with Crippen molar-refractivity contribution in [2.75, 3.05) is 6.16 Å². The first-order valence-corrected chi connectivity index (χ1v) is 15.9. The Labute approximate surface area is 162 Å². The summed E-state index contributed by atoms with van der Waals surface area (Å²) in [6.45, 7) is 0. The first kappa shape index (κ1) is 16.3. The Balaban J connectivity index is 1.72. The zero-order valence-electron chi connectivity index (χ0n) is 14.0. The van der Waals surface area contributed by atoms with Gasteiger partial charge in [0.1, 0.15) is 0 Å². The van der Waals surface area contributed by atoms with Crippen LogP contribution < -0.4 is 12.3 Å². The van der Waals surface area contributed by atoms with Gasteiger partial charge in [0.25, 0.3) is 0 Å². The summed E-state index contributed by atoms with van der Waals surface area (Å²) in [6.07, 6.45) is 2.55. The predicted molar refractivity (Wildman–Crippen MR) is 114 cm³/mol. The van der Waals surface area contributed by atoms with Crippen LogP contribution in [0.2, 0.25) is 0 Å². The first-order chi connectivity index (χ1) is 12.3. The molecule has 5 rings (SSSR count). The molecule has 3 unspecified atom stereocenters. The molecule has 0 radical (unpaired) electrons. The summed E-state index contributed by atoms with van der Waals surface area (Å²) in [4.78, 5) is 0. The Morgan fingerprint density at radius 3 is 2.20 bits per heavy atom. The average Bonchev–Trinajstić information content (AvgIpc) is 3.20. The van der Waals surface area contributed by atoms with E-state index in [4.69, 9.17) is 11.8 Å². The maximum absolute atomic E-state index is 6.55. The van der Waals surface area contributed by atoms with E-state index in [0.717, 1.165) is 3.61 Å². The van der Waals surface area contributed by atoms with Gasteiger partial charge in [-0.15, -0.1) is 0 Å². The molecule has 25 heavy (non-hydrogen) atoms. The molecular formula is C22H20PSSb. The summed E-state index contributed by atoms with van der Waals surface area (Å²) >= 11 is 4.69. The van der Waals surface area contributed by atoms with Crippen LogP contribution in [0.25, 0.3) is 0 Å². The fourth-order valence-electron chi connectivity index (χ4n) is 4.59. The van der Waals surface area contributed by atoms with Crippen molar-refractivity contribution in [3.05, 3.63) is 90.5 Å². The van der Waals surface area contributed by atoms with Crippen molar-refractivity contribution in [1.82, 2.24) is 0 Å². The van der Waals surface area contributed by atoms with Crippen molar-refractivity contribution in [3.8, 4) is 0 Å². The van der Waals surface area contributed by atoms with Crippen LogP contribution in [0.1, 0.15) is 17.9 Å². The van der Waals surface area contributed by atoms with Crippen molar-refractivity contribution in [2.24, 2.45) is 0 Å². The summed E-state index contributed by atoms with van der Waals surface area (Å²) in [5.74, 6) is 0.713. The van der Waals surface area contributed by atoms with Crippen LogP contribution in [-0.2, 0) is 11.8 Å². The Morgan fingerprint density at radius 2 is 1.44 bits per heavy atom. The Bertz CT molecular complexity index is 954. The molecule has 0 nitrogen and oxygen atoms in total. The number of hydrogen-bond acceptors (Lipinski definition) is 1. The molecule has 3 atom stereocenters. The molecule has 0 spiro atoms. The van der Waals surface area contributed by atoms with Gasteiger partial charge in [0.05, 0.1) is 0 Å². The van der Waals surface area contributed by atoms with E-state index in [1.807, 2.05) is 0 Å². The van der Waals surface area contributed by atoms with E-state index in [2.05, 4.69) is 84.9 Å². The van der Waals surface area contributed by atoms with E-state index in [1.165, 1.54) is 17.9 Å². The van der Waals surface area contributed by atoms with Crippen LogP contribution >= 0.6 is 6.04 Å². The Hall–Kier alpha value is -0.872. The minimum absolute atomic E-state index is 0.713. The first-order valence-electron chi connectivity index (χ1n) is 8.86. The van der Waals surface area contributed by atoms with Gasteiger partial charge in [0.15, 0.2) is 0 Å². The molecule has 2 aliphatic rings. The summed E-state index contributed by atoms with van der Waals surface area (Å²) < 4.78 is 4.08. The number of hydrogen-bond donors (Lipinski definition) is 0. The van der Waals surface area contributed by atoms with Gasteiger partial charge >= 0.3 is 163 Å². The Kier molecular flexibility index (Phi) is 4.16. The van der Waals surface area contributed by atoms with Crippen molar-refractivity contribution in [3.63, 3.8) is 0 Å². The third-order valence-electron chi connectivity index (χ3n) is 5.65. The van der Waals surface area contributed by atoms with E-state index >= 15 is 0 Å².